The maximum Gasteiger partial charge on any atom is 0.265 e. The van der Waals surface area contributed by atoms with Crippen molar-refractivity contribution in [2.45, 2.75) is 25.9 Å². The van der Waals surface area contributed by atoms with Crippen LogP contribution in [0.4, 0.5) is 5.82 Å². The van der Waals surface area contributed by atoms with Gasteiger partial charge in [0.15, 0.2) is 11.6 Å². The van der Waals surface area contributed by atoms with Crippen LogP contribution in [0.5, 0.6) is 5.75 Å². The van der Waals surface area contributed by atoms with Crippen molar-refractivity contribution in [3.63, 3.8) is 0 Å². The highest BCUT2D eigenvalue weighted by atomic mass is 32.1. The Morgan fingerprint density at radius 3 is 3.04 bits per heavy atom. The van der Waals surface area contributed by atoms with E-state index in [2.05, 4.69) is 9.97 Å². The van der Waals surface area contributed by atoms with Crippen molar-refractivity contribution < 1.29 is 9.53 Å². The van der Waals surface area contributed by atoms with E-state index < -0.39 is 0 Å². The van der Waals surface area contributed by atoms with E-state index in [1.165, 1.54) is 11.3 Å². The van der Waals surface area contributed by atoms with Gasteiger partial charge in [-0.25, -0.2) is 9.97 Å². The molecule has 128 valence electrons. The van der Waals surface area contributed by atoms with E-state index in [1.807, 2.05) is 43.0 Å². The molecule has 0 unspecified atom stereocenters. The van der Waals surface area contributed by atoms with Crippen LogP contribution in [-0.2, 0) is 6.42 Å². The van der Waals surface area contributed by atoms with Crippen molar-refractivity contribution in [2.75, 3.05) is 32.1 Å². The highest BCUT2D eigenvalue weighted by Gasteiger charge is 2.30. The summed E-state index contributed by atoms with van der Waals surface area (Å²) in [5, 5.41) is 0. The molecule has 1 atom stereocenters. The SMILES string of the molecule is CCc1ncsc1C(=O)N1CC[C@H](Oc2cccnc2N(C)C)C1. The first-order valence-corrected chi connectivity index (χ1v) is 8.98. The van der Waals surface area contributed by atoms with E-state index in [1.54, 1.807) is 11.7 Å². The van der Waals surface area contributed by atoms with E-state index in [-0.39, 0.29) is 12.0 Å². The predicted octanol–water partition coefficient (Wildman–Crippen LogP) is 2.46. The van der Waals surface area contributed by atoms with Gasteiger partial charge in [-0.3, -0.25) is 4.79 Å². The number of hydrogen-bond acceptors (Lipinski definition) is 6. The average Bonchev–Trinajstić information content (AvgIpc) is 3.23. The van der Waals surface area contributed by atoms with Crippen molar-refractivity contribution in [3.05, 3.63) is 34.4 Å². The van der Waals surface area contributed by atoms with Crippen LogP contribution in [0.25, 0.3) is 0 Å². The summed E-state index contributed by atoms with van der Waals surface area (Å²) in [6.07, 6.45) is 3.35. The lowest BCUT2D eigenvalue weighted by Crippen LogP contribution is -2.31. The molecule has 0 aromatic carbocycles. The predicted molar refractivity (Wildman–Crippen MR) is 95.0 cm³/mol. The topological polar surface area (TPSA) is 58.6 Å². The van der Waals surface area contributed by atoms with E-state index >= 15 is 0 Å². The molecular weight excluding hydrogens is 324 g/mol. The number of likely N-dealkylation sites (tertiary alicyclic amines) is 1. The zero-order valence-corrected chi connectivity index (χ0v) is 15.0. The second-order valence-electron chi connectivity index (χ2n) is 5.98. The maximum atomic E-state index is 12.7. The minimum atomic E-state index is -0.00477. The molecule has 0 bridgehead atoms. The van der Waals surface area contributed by atoms with Crippen LogP contribution >= 0.6 is 11.3 Å². The molecule has 2 aromatic heterocycles. The van der Waals surface area contributed by atoms with Crippen LogP contribution in [0.3, 0.4) is 0 Å². The standard InChI is InChI=1S/C17H22N4O2S/c1-4-13-15(24-11-19-13)17(22)21-9-7-12(10-21)23-14-6-5-8-18-16(14)20(2)3/h5-6,8,11-12H,4,7,9-10H2,1-3H3/t12-/m0/s1. The highest BCUT2D eigenvalue weighted by molar-refractivity contribution is 7.11. The van der Waals surface area contributed by atoms with Gasteiger partial charge in [0.25, 0.3) is 5.91 Å². The first-order valence-electron chi connectivity index (χ1n) is 8.10. The summed E-state index contributed by atoms with van der Waals surface area (Å²) in [6.45, 7) is 3.33. The van der Waals surface area contributed by atoms with Crippen LogP contribution in [0.2, 0.25) is 0 Å². The number of amides is 1. The second kappa shape index (κ2) is 7.17. The normalized spacial score (nSPS) is 17.1. The summed E-state index contributed by atoms with van der Waals surface area (Å²) >= 11 is 1.42. The zero-order valence-electron chi connectivity index (χ0n) is 14.2. The summed E-state index contributed by atoms with van der Waals surface area (Å²) in [5.74, 6) is 1.63. The molecule has 0 aliphatic carbocycles. The van der Waals surface area contributed by atoms with Gasteiger partial charge in [0.1, 0.15) is 11.0 Å². The van der Waals surface area contributed by atoms with Gasteiger partial charge >= 0.3 is 0 Å². The Morgan fingerprint density at radius 2 is 2.29 bits per heavy atom. The fraction of sp³-hybridized carbons (Fsp3) is 0.471. The molecule has 1 saturated heterocycles. The quantitative estimate of drug-likeness (QED) is 0.832. The average molecular weight is 346 g/mol. The number of nitrogens with zero attached hydrogens (tertiary/aromatic N) is 4. The summed E-state index contributed by atoms with van der Waals surface area (Å²) in [7, 11) is 3.88. The molecule has 0 radical (unpaired) electrons. The monoisotopic (exact) mass is 346 g/mol. The number of thiazole rings is 1. The highest BCUT2D eigenvalue weighted by Crippen LogP contribution is 2.27. The molecule has 3 rings (SSSR count). The van der Waals surface area contributed by atoms with Crippen molar-refractivity contribution in [3.8, 4) is 5.75 Å². The smallest absolute Gasteiger partial charge is 0.265 e. The van der Waals surface area contributed by atoms with Crippen LogP contribution in [0, 0.1) is 0 Å². The molecule has 2 aromatic rings. The molecule has 24 heavy (non-hydrogen) atoms. The van der Waals surface area contributed by atoms with Crippen LogP contribution < -0.4 is 9.64 Å². The first-order chi connectivity index (χ1) is 11.6. The molecule has 3 heterocycles. The largest absolute Gasteiger partial charge is 0.485 e. The lowest BCUT2D eigenvalue weighted by atomic mass is 10.3. The number of ether oxygens (including phenoxy) is 1. The number of aromatic nitrogens is 2. The molecule has 1 aliphatic rings. The van der Waals surface area contributed by atoms with Gasteiger partial charge in [-0.05, 0) is 18.6 Å². The van der Waals surface area contributed by atoms with Crippen LogP contribution in [-0.4, -0.2) is 54.1 Å². The lowest BCUT2D eigenvalue weighted by molar-refractivity contribution is 0.0776. The van der Waals surface area contributed by atoms with E-state index in [4.69, 9.17) is 4.74 Å². The number of aryl methyl sites for hydroxylation is 1. The first kappa shape index (κ1) is 16.7. The summed E-state index contributed by atoms with van der Waals surface area (Å²) in [5.41, 5.74) is 2.63. The van der Waals surface area contributed by atoms with Gasteiger partial charge in [-0.2, -0.15) is 0 Å². The second-order valence-corrected chi connectivity index (χ2v) is 6.84. The fourth-order valence-electron chi connectivity index (χ4n) is 2.84. The van der Waals surface area contributed by atoms with E-state index in [0.717, 1.165) is 35.0 Å². The zero-order chi connectivity index (χ0) is 17.1. The molecule has 1 amide bonds. The summed E-state index contributed by atoms with van der Waals surface area (Å²) in [6, 6.07) is 3.79. The minimum absolute atomic E-state index is 0.00477. The van der Waals surface area contributed by atoms with Crippen molar-refractivity contribution in [2.24, 2.45) is 0 Å². The van der Waals surface area contributed by atoms with Gasteiger partial charge < -0.3 is 14.5 Å². The Labute approximate surface area is 146 Å². The Balaban J connectivity index is 1.67. The van der Waals surface area contributed by atoms with Gasteiger partial charge in [0.05, 0.1) is 17.7 Å². The number of pyridine rings is 1. The summed E-state index contributed by atoms with van der Waals surface area (Å²) in [4.78, 5) is 25.9. The number of anilines is 1. The molecule has 0 N–H and O–H groups in total. The molecule has 7 heteroatoms. The summed E-state index contributed by atoms with van der Waals surface area (Å²) < 4.78 is 6.11. The Hall–Kier alpha value is -2.15. The Bertz CT molecular complexity index is 716. The number of carbonyl (C=O) groups is 1. The Morgan fingerprint density at radius 1 is 1.46 bits per heavy atom. The van der Waals surface area contributed by atoms with Gasteiger partial charge in [-0.1, -0.05) is 6.92 Å². The minimum Gasteiger partial charge on any atom is -0.485 e. The molecule has 0 spiro atoms. The van der Waals surface area contributed by atoms with Gasteiger partial charge in [0, 0.05) is 33.3 Å². The van der Waals surface area contributed by atoms with Gasteiger partial charge in [-0.15, -0.1) is 11.3 Å². The van der Waals surface area contributed by atoms with E-state index in [0.29, 0.717) is 13.1 Å². The van der Waals surface area contributed by atoms with E-state index in [9.17, 15) is 4.79 Å². The van der Waals surface area contributed by atoms with Crippen LogP contribution in [0.15, 0.2) is 23.8 Å². The lowest BCUT2D eigenvalue weighted by Gasteiger charge is -2.20. The third kappa shape index (κ3) is 3.36. The fourth-order valence-corrected chi connectivity index (χ4v) is 3.69. The van der Waals surface area contributed by atoms with Crippen molar-refractivity contribution in [1.29, 1.82) is 0 Å². The number of rotatable bonds is 5. The Kier molecular flexibility index (Phi) is 4.99. The van der Waals surface area contributed by atoms with Gasteiger partial charge in [0.2, 0.25) is 0 Å². The third-order valence-electron chi connectivity index (χ3n) is 4.07. The number of carbonyl (C=O) groups excluding carboxylic acids is 1. The molecule has 0 saturated carbocycles. The molecular formula is C17H22N4O2S. The third-order valence-corrected chi connectivity index (χ3v) is 4.93. The molecule has 1 aliphatic heterocycles. The van der Waals surface area contributed by atoms with Crippen molar-refractivity contribution >= 4 is 23.1 Å². The molecule has 1 fully saturated rings. The number of hydrogen-bond donors (Lipinski definition) is 0. The van der Waals surface area contributed by atoms with Crippen LogP contribution in [0.1, 0.15) is 28.7 Å². The van der Waals surface area contributed by atoms with Crippen molar-refractivity contribution in [1.82, 2.24) is 14.9 Å². The molecule has 6 nitrogen and oxygen atoms in total. The maximum absolute atomic E-state index is 12.7.